The third-order valence-corrected chi connectivity index (χ3v) is 3.28. The Kier molecular flexibility index (Phi) is 5.82. The van der Waals surface area contributed by atoms with Crippen molar-refractivity contribution in [3.8, 4) is 0 Å². The molecule has 1 aromatic rings. The molecule has 1 unspecified atom stereocenters. The fourth-order valence-electron chi connectivity index (χ4n) is 1.92. The van der Waals surface area contributed by atoms with Crippen LogP contribution in [0.3, 0.4) is 0 Å². The number of alkyl halides is 3. The van der Waals surface area contributed by atoms with Gasteiger partial charge in [-0.25, -0.2) is 0 Å². The van der Waals surface area contributed by atoms with Crippen LogP contribution in [-0.2, 0) is 11.0 Å². The molecule has 0 saturated heterocycles. The number of halogens is 4. The fraction of sp³-hybridized carbons (Fsp3) is 0.429. The predicted molar refractivity (Wildman–Crippen MR) is 76.6 cm³/mol. The minimum Gasteiger partial charge on any atom is -0.359 e. The summed E-state index contributed by atoms with van der Waals surface area (Å²) in [6, 6.07) is 2.67. The van der Waals surface area contributed by atoms with E-state index in [0.29, 0.717) is 0 Å². The summed E-state index contributed by atoms with van der Waals surface area (Å²) in [7, 11) is 2.88. The van der Waals surface area contributed by atoms with E-state index in [4.69, 9.17) is 11.6 Å². The van der Waals surface area contributed by atoms with Gasteiger partial charge < -0.3 is 10.2 Å². The molecule has 0 spiro atoms. The Morgan fingerprint density at radius 3 is 2.41 bits per heavy atom. The van der Waals surface area contributed by atoms with Gasteiger partial charge in [-0.3, -0.25) is 9.59 Å². The lowest BCUT2D eigenvalue weighted by Gasteiger charge is -2.21. The second kappa shape index (κ2) is 7.00. The minimum absolute atomic E-state index is 0.0758. The highest BCUT2D eigenvalue weighted by atomic mass is 35.5. The minimum atomic E-state index is -4.59. The Bertz CT molecular complexity index is 576. The SMILES string of the molecule is CNC(=O)C(C)CN(C)C(=O)c1cc(Cl)cc(C(F)(F)F)c1. The molecule has 8 heteroatoms. The second-order valence-electron chi connectivity index (χ2n) is 4.93. The molecule has 0 radical (unpaired) electrons. The number of carbonyl (C=O) groups is 2. The van der Waals surface area contributed by atoms with Crippen LogP contribution < -0.4 is 5.32 Å². The van der Waals surface area contributed by atoms with Gasteiger partial charge in [0.1, 0.15) is 0 Å². The number of amides is 2. The average molecular weight is 337 g/mol. The van der Waals surface area contributed by atoms with Gasteiger partial charge in [0.15, 0.2) is 0 Å². The molecule has 0 fully saturated rings. The zero-order chi connectivity index (χ0) is 17.1. The molecule has 22 heavy (non-hydrogen) atoms. The molecule has 1 aromatic carbocycles. The summed E-state index contributed by atoms with van der Waals surface area (Å²) in [6.45, 7) is 1.69. The number of hydrogen-bond donors (Lipinski definition) is 1. The number of rotatable bonds is 4. The van der Waals surface area contributed by atoms with Crippen LogP contribution in [0.5, 0.6) is 0 Å². The van der Waals surface area contributed by atoms with Gasteiger partial charge in [0.2, 0.25) is 5.91 Å². The lowest BCUT2D eigenvalue weighted by atomic mass is 10.1. The van der Waals surface area contributed by atoms with Crippen LogP contribution in [0.1, 0.15) is 22.8 Å². The van der Waals surface area contributed by atoms with E-state index in [0.717, 1.165) is 12.1 Å². The number of nitrogens with zero attached hydrogens (tertiary/aromatic N) is 1. The third kappa shape index (κ3) is 4.62. The first kappa shape index (κ1) is 18.3. The zero-order valence-corrected chi connectivity index (χ0v) is 13.0. The molecule has 4 nitrogen and oxygen atoms in total. The van der Waals surface area contributed by atoms with Gasteiger partial charge in [-0.2, -0.15) is 13.2 Å². The lowest BCUT2D eigenvalue weighted by molar-refractivity contribution is -0.137. The molecule has 122 valence electrons. The topological polar surface area (TPSA) is 49.4 Å². The van der Waals surface area contributed by atoms with Gasteiger partial charge in [-0.05, 0) is 18.2 Å². The Labute approximate surface area is 131 Å². The van der Waals surface area contributed by atoms with Crippen LogP contribution >= 0.6 is 11.6 Å². The van der Waals surface area contributed by atoms with Gasteiger partial charge in [0.25, 0.3) is 5.91 Å². The summed E-state index contributed by atoms with van der Waals surface area (Å²) in [6.07, 6.45) is -4.59. The highest BCUT2D eigenvalue weighted by Crippen LogP contribution is 2.32. The summed E-state index contributed by atoms with van der Waals surface area (Å²) >= 11 is 5.65. The quantitative estimate of drug-likeness (QED) is 0.919. The van der Waals surface area contributed by atoms with E-state index in [9.17, 15) is 22.8 Å². The highest BCUT2D eigenvalue weighted by Gasteiger charge is 2.32. The smallest absolute Gasteiger partial charge is 0.359 e. The van der Waals surface area contributed by atoms with Crippen LogP contribution in [-0.4, -0.2) is 37.4 Å². The standard InChI is InChI=1S/C14H16ClF3N2O2/c1-8(12(21)19-2)7-20(3)13(22)9-4-10(14(16,17)18)6-11(15)5-9/h4-6,8H,7H2,1-3H3,(H,19,21). The molecule has 0 aliphatic rings. The first-order valence-corrected chi connectivity index (χ1v) is 6.79. The number of benzene rings is 1. The molecule has 1 N–H and O–H groups in total. The first-order chi connectivity index (χ1) is 10.1. The van der Waals surface area contributed by atoms with Crippen molar-refractivity contribution in [3.05, 3.63) is 34.3 Å². The summed E-state index contributed by atoms with van der Waals surface area (Å²) in [4.78, 5) is 24.8. The van der Waals surface area contributed by atoms with Gasteiger partial charge in [-0.1, -0.05) is 18.5 Å². The predicted octanol–water partition coefficient (Wildman–Crippen LogP) is 2.81. The molecular formula is C14H16ClF3N2O2. The molecular weight excluding hydrogens is 321 g/mol. The van der Waals surface area contributed by atoms with Crippen molar-refractivity contribution in [2.24, 2.45) is 5.92 Å². The molecule has 0 heterocycles. The maximum atomic E-state index is 12.7. The Balaban J connectivity index is 2.98. The van der Waals surface area contributed by atoms with E-state index < -0.39 is 23.6 Å². The van der Waals surface area contributed by atoms with Crippen LogP contribution in [0.4, 0.5) is 13.2 Å². The molecule has 1 atom stereocenters. The Hall–Kier alpha value is -1.76. The highest BCUT2D eigenvalue weighted by molar-refractivity contribution is 6.31. The fourth-order valence-corrected chi connectivity index (χ4v) is 2.16. The van der Waals surface area contributed by atoms with Gasteiger partial charge in [-0.15, -0.1) is 0 Å². The van der Waals surface area contributed by atoms with Crippen molar-refractivity contribution in [1.82, 2.24) is 10.2 Å². The summed E-state index contributed by atoms with van der Waals surface area (Å²) in [5, 5.41) is 2.27. The van der Waals surface area contributed by atoms with Crippen LogP contribution in [0.2, 0.25) is 5.02 Å². The first-order valence-electron chi connectivity index (χ1n) is 6.41. The zero-order valence-electron chi connectivity index (χ0n) is 12.3. The number of carbonyl (C=O) groups excluding carboxylic acids is 2. The van der Waals surface area contributed by atoms with E-state index in [-0.39, 0.29) is 23.0 Å². The monoisotopic (exact) mass is 336 g/mol. The van der Waals surface area contributed by atoms with E-state index >= 15 is 0 Å². The average Bonchev–Trinajstić information content (AvgIpc) is 2.43. The maximum Gasteiger partial charge on any atom is 0.416 e. The second-order valence-corrected chi connectivity index (χ2v) is 5.36. The summed E-state index contributed by atoms with van der Waals surface area (Å²) in [5.74, 6) is -1.38. The number of nitrogens with one attached hydrogen (secondary N) is 1. The molecule has 0 saturated carbocycles. The van der Waals surface area contributed by atoms with Gasteiger partial charge >= 0.3 is 6.18 Å². The Morgan fingerprint density at radius 2 is 1.91 bits per heavy atom. The summed E-state index contributed by atoms with van der Waals surface area (Å²) < 4.78 is 38.2. The van der Waals surface area contributed by atoms with Crippen LogP contribution in [0.15, 0.2) is 18.2 Å². The van der Waals surface area contributed by atoms with Crippen molar-refractivity contribution in [3.63, 3.8) is 0 Å². The molecule has 2 amide bonds. The maximum absolute atomic E-state index is 12.7. The van der Waals surface area contributed by atoms with E-state index in [1.165, 1.54) is 25.1 Å². The van der Waals surface area contributed by atoms with Crippen LogP contribution in [0, 0.1) is 5.92 Å². The lowest BCUT2D eigenvalue weighted by Crippen LogP contribution is -2.37. The van der Waals surface area contributed by atoms with Crippen LogP contribution in [0.25, 0.3) is 0 Å². The van der Waals surface area contributed by atoms with Crippen molar-refractivity contribution in [1.29, 1.82) is 0 Å². The summed E-state index contributed by atoms with van der Waals surface area (Å²) in [5.41, 5.74) is -1.16. The largest absolute Gasteiger partial charge is 0.416 e. The normalized spacial score (nSPS) is 12.7. The Morgan fingerprint density at radius 1 is 1.32 bits per heavy atom. The molecule has 0 aromatic heterocycles. The van der Waals surface area contributed by atoms with Gasteiger partial charge in [0.05, 0.1) is 11.5 Å². The van der Waals surface area contributed by atoms with Gasteiger partial charge in [0, 0.05) is 31.2 Å². The third-order valence-electron chi connectivity index (χ3n) is 3.06. The van der Waals surface area contributed by atoms with Crippen molar-refractivity contribution in [2.45, 2.75) is 13.1 Å². The number of hydrogen-bond acceptors (Lipinski definition) is 2. The van der Waals surface area contributed by atoms with Crippen molar-refractivity contribution in [2.75, 3.05) is 20.6 Å². The molecule has 1 rings (SSSR count). The van der Waals surface area contributed by atoms with Crippen molar-refractivity contribution >= 4 is 23.4 Å². The van der Waals surface area contributed by atoms with Crippen molar-refractivity contribution < 1.29 is 22.8 Å². The molecule has 0 aliphatic heterocycles. The van der Waals surface area contributed by atoms with E-state index in [1.807, 2.05) is 0 Å². The molecule has 0 bridgehead atoms. The van der Waals surface area contributed by atoms with E-state index in [2.05, 4.69) is 5.32 Å². The molecule has 0 aliphatic carbocycles. The van der Waals surface area contributed by atoms with E-state index in [1.54, 1.807) is 6.92 Å².